The molecule has 1 aromatic carbocycles. The van der Waals surface area contributed by atoms with Crippen molar-refractivity contribution in [2.24, 2.45) is 0 Å². The lowest BCUT2D eigenvalue weighted by Crippen LogP contribution is -2.35. The highest BCUT2D eigenvalue weighted by molar-refractivity contribution is 6.32. The summed E-state index contributed by atoms with van der Waals surface area (Å²) in [6.45, 7) is 1.08. The van der Waals surface area contributed by atoms with Crippen molar-refractivity contribution >= 4 is 11.6 Å². The molecule has 1 heterocycles. The van der Waals surface area contributed by atoms with Gasteiger partial charge < -0.3 is 10.1 Å². The minimum absolute atomic E-state index is 0.425. The molecule has 1 aliphatic heterocycles. The van der Waals surface area contributed by atoms with Gasteiger partial charge in [-0.2, -0.15) is 0 Å². The third-order valence-corrected chi connectivity index (χ3v) is 2.70. The molecule has 0 aromatic heterocycles. The van der Waals surface area contributed by atoms with Crippen molar-refractivity contribution in [1.82, 2.24) is 5.32 Å². The Morgan fingerprint density at radius 1 is 1.54 bits per heavy atom. The van der Waals surface area contributed by atoms with Gasteiger partial charge >= 0.3 is 0 Å². The fourth-order valence-corrected chi connectivity index (χ4v) is 1.83. The standard InChI is InChI=1S/C10H12ClNO/c1-13-10-7(9-5-6-12-9)3-2-4-8(10)11/h2-4,9,12H,5-6H2,1H3/t9-/m0/s1. The highest BCUT2D eigenvalue weighted by Gasteiger charge is 2.22. The number of methoxy groups -OCH3 is 1. The molecule has 0 saturated carbocycles. The van der Waals surface area contributed by atoms with Gasteiger partial charge in [0.05, 0.1) is 12.1 Å². The normalized spacial score (nSPS) is 20.9. The van der Waals surface area contributed by atoms with E-state index in [-0.39, 0.29) is 0 Å². The lowest BCUT2D eigenvalue weighted by molar-refractivity contribution is 0.353. The SMILES string of the molecule is COc1c(Cl)cccc1[C@@H]1CCN1. The first-order valence-corrected chi connectivity index (χ1v) is 4.76. The average molecular weight is 198 g/mol. The molecular weight excluding hydrogens is 186 g/mol. The highest BCUT2D eigenvalue weighted by Crippen LogP contribution is 2.35. The van der Waals surface area contributed by atoms with E-state index in [4.69, 9.17) is 16.3 Å². The van der Waals surface area contributed by atoms with Crippen LogP contribution in [0, 0.1) is 0 Å². The van der Waals surface area contributed by atoms with E-state index in [9.17, 15) is 0 Å². The fraction of sp³-hybridized carbons (Fsp3) is 0.400. The van der Waals surface area contributed by atoms with Gasteiger partial charge in [-0.3, -0.25) is 0 Å². The summed E-state index contributed by atoms with van der Waals surface area (Å²) in [6.07, 6.45) is 1.16. The molecule has 1 aliphatic rings. The van der Waals surface area contributed by atoms with Crippen LogP contribution in [-0.4, -0.2) is 13.7 Å². The lowest BCUT2D eigenvalue weighted by atomic mass is 9.97. The molecule has 1 atom stereocenters. The van der Waals surface area contributed by atoms with Gasteiger partial charge in [0.25, 0.3) is 0 Å². The van der Waals surface area contributed by atoms with E-state index >= 15 is 0 Å². The fourth-order valence-electron chi connectivity index (χ4n) is 1.57. The molecule has 2 nitrogen and oxygen atoms in total. The molecular formula is C10H12ClNO. The quantitative estimate of drug-likeness (QED) is 0.786. The number of halogens is 1. The van der Waals surface area contributed by atoms with E-state index in [0.717, 1.165) is 18.7 Å². The molecule has 0 unspecified atom stereocenters. The van der Waals surface area contributed by atoms with Gasteiger partial charge in [-0.25, -0.2) is 0 Å². The molecule has 1 aromatic rings. The van der Waals surface area contributed by atoms with Crippen LogP contribution in [0.4, 0.5) is 0 Å². The molecule has 70 valence electrons. The minimum Gasteiger partial charge on any atom is -0.495 e. The van der Waals surface area contributed by atoms with Gasteiger partial charge in [0.15, 0.2) is 0 Å². The van der Waals surface area contributed by atoms with Crippen LogP contribution in [0.3, 0.4) is 0 Å². The zero-order chi connectivity index (χ0) is 9.26. The van der Waals surface area contributed by atoms with Crippen LogP contribution < -0.4 is 10.1 Å². The first-order chi connectivity index (χ1) is 6.33. The van der Waals surface area contributed by atoms with Gasteiger partial charge in [-0.15, -0.1) is 0 Å². The van der Waals surface area contributed by atoms with E-state index in [0.29, 0.717) is 11.1 Å². The number of ether oxygens (including phenoxy) is 1. The molecule has 1 fully saturated rings. The Labute approximate surface area is 82.9 Å². The van der Waals surface area contributed by atoms with Gasteiger partial charge in [0, 0.05) is 11.6 Å². The zero-order valence-electron chi connectivity index (χ0n) is 7.51. The lowest BCUT2D eigenvalue weighted by Gasteiger charge is -2.29. The smallest absolute Gasteiger partial charge is 0.142 e. The first-order valence-electron chi connectivity index (χ1n) is 4.38. The summed E-state index contributed by atoms with van der Waals surface area (Å²) in [5.41, 5.74) is 1.17. The van der Waals surface area contributed by atoms with Crippen molar-refractivity contribution in [3.8, 4) is 5.75 Å². The second-order valence-electron chi connectivity index (χ2n) is 3.16. The monoisotopic (exact) mass is 197 g/mol. The number of para-hydroxylation sites is 1. The summed E-state index contributed by atoms with van der Waals surface area (Å²) in [4.78, 5) is 0. The minimum atomic E-state index is 0.425. The summed E-state index contributed by atoms with van der Waals surface area (Å²) in [5, 5.41) is 4.01. The van der Waals surface area contributed by atoms with E-state index in [1.54, 1.807) is 7.11 Å². The Kier molecular flexibility index (Phi) is 2.42. The molecule has 1 N–H and O–H groups in total. The summed E-state index contributed by atoms with van der Waals surface area (Å²) in [5.74, 6) is 0.807. The molecule has 0 radical (unpaired) electrons. The van der Waals surface area contributed by atoms with Crippen molar-refractivity contribution in [3.05, 3.63) is 28.8 Å². The maximum Gasteiger partial charge on any atom is 0.142 e. The van der Waals surface area contributed by atoms with Crippen LogP contribution in [0.15, 0.2) is 18.2 Å². The third-order valence-electron chi connectivity index (χ3n) is 2.40. The van der Waals surface area contributed by atoms with E-state index in [1.807, 2.05) is 12.1 Å². The summed E-state index contributed by atoms with van der Waals surface area (Å²) in [7, 11) is 1.66. The Bertz CT molecular complexity index is 310. The molecule has 3 heteroatoms. The second-order valence-corrected chi connectivity index (χ2v) is 3.56. The topological polar surface area (TPSA) is 21.3 Å². The molecule has 0 bridgehead atoms. The molecule has 13 heavy (non-hydrogen) atoms. The Hall–Kier alpha value is -0.730. The molecule has 0 spiro atoms. The highest BCUT2D eigenvalue weighted by atomic mass is 35.5. The molecule has 2 rings (SSSR count). The maximum absolute atomic E-state index is 6.00. The molecule has 0 aliphatic carbocycles. The average Bonchev–Trinajstić information content (AvgIpc) is 2.01. The predicted molar refractivity (Wildman–Crippen MR) is 53.4 cm³/mol. The number of benzene rings is 1. The second kappa shape index (κ2) is 3.56. The van der Waals surface area contributed by atoms with Crippen LogP contribution in [-0.2, 0) is 0 Å². The van der Waals surface area contributed by atoms with E-state index in [1.165, 1.54) is 5.56 Å². The van der Waals surface area contributed by atoms with E-state index in [2.05, 4.69) is 11.4 Å². The maximum atomic E-state index is 6.00. The van der Waals surface area contributed by atoms with Crippen LogP contribution in [0.1, 0.15) is 18.0 Å². The van der Waals surface area contributed by atoms with Crippen LogP contribution >= 0.6 is 11.6 Å². The van der Waals surface area contributed by atoms with Crippen molar-refractivity contribution in [1.29, 1.82) is 0 Å². The van der Waals surface area contributed by atoms with Crippen LogP contribution in [0.25, 0.3) is 0 Å². The Balaban J connectivity index is 2.37. The number of rotatable bonds is 2. The van der Waals surface area contributed by atoms with Gasteiger partial charge in [0.2, 0.25) is 0 Å². The Morgan fingerprint density at radius 3 is 2.85 bits per heavy atom. The number of hydrogen-bond donors (Lipinski definition) is 1. The molecule has 0 amide bonds. The van der Waals surface area contributed by atoms with E-state index < -0.39 is 0 Å². The van der Waals surface area contributed by atoms with Crippen molar-refractivity contribution in [3.63, 3.8) is 0 Å². The van der Waals surface area contributed by atoms with Gasteiger partial charge in [-0.05, 0) is 19.0 Å². The summed E-state index contributed by atoms with van der Waals surface area (Å²) < 4.78 is 5.26. The first kappa shape index (κ1) is 8.85. The largest absolute Gasteiger partial charge is 0.495 e. The van der Waals surface area contributed by atoms with Crippen molar-refractivity contribution in [2.75, 3.05) is 13.7 Å². The number of nitrogens with one attached hydrogen (secondary N) is 1. The van der Waals surface area contributed by atoms with Crippen LogP contribution in [0.2, 0.25) is 5.02 Å². The predicted octanol–water partition coefficient (Wildman–Crippen LogP) is 2.38. The zero-order valence-corrected chi connectivity index (χ0v) is 8.27. The summed E-state index contributed by atoms with van der Waals surface area (Å²) >= 11 is 6.00. The molecule has 1 saturated heterocycles. The number of hydrogen-bond acceptors (Lipinski definition) is 2. The van der Waals surface area contributed by atoms with Gasteiger partial charge in [-0.1, -0.05) is 23.7 Å². The third kappa shape index (κ3) is 1.52. The van der Waals surface area contributed by atoms with Crippen LogP contribution in [0.5, 0.6) is 5.75 Å². The van der Waals surface area contributed by atoms with Crippen molar-refractivity contribution in [2.45, 2.75) is 12.5 Å². The van der Waals surface area contributed by atoms with Gasteiger partial charge in [0.1, 0.15) is 5.75 Å². The Morgan fingerprint density at radius 2 is 2.31 bits per heavy atom. The summed E-state index contributed by atoms with van der Waals surface area (Å²) in [6, 6.07) is 6.29. The van der Waals surface area contributed by atoms with Crippen molar-refractivity contribution < 1.29 is 4.74 Å².